The molecule has 0 spiro atoms. The average molecular weight is 380 g/mol. The van der Waals surface area contributed by atoms with Gasteiger partial charge in [-0.2, -0.15) is 0 Å². The van der Waals surface area contributed by atoms with Crippen molar-refractivity contribution in [3.8, 4) is 0 Å². The zero-order valence-electron chi connectivity index (χ0n) is 13.2. The van der Waals surface area contributed by atoms with Crippen LogP contribution in [0, 0.1) is 0 Å². The van der Waals surface area contributed by atoms with Gasteiger partial charge in [0.1, 0.15) is 0 Å². The molecule has 1 aromatic rings. The minimum absolute atomic E-state index is 0.112. The predicted molar refractivity (Wildman–Crippen MR) is 87.7 cm³/mol. The Balaban J connectivity index is 2.03. The van der Waals surface area contributed by atoms with E-state index in [1.807, 2.05) is 6.07 Å². The van der Waals surface area contributed by atoms with Gasteiger partial charge < -0.3 is 0 Å². The number of nitrogens with zero attached hydrogens (tertiary/aromatic N) is 1. The molecule has 1 heterocycles. The van der Waals surface area contributed by atoms with Crippen LogP contribution in [0.25, 0.3) is 0 Å². The number of rotatable bonds is 5. The number of likely N-dealkylation sites (tertiary alicyclic amines) is 1. The number of carboxylic acids is 1. The molecular weight excluding hydrogens is 359 g/mol. The summed E-state index contributed by atoms with van der Waals surface area (Å²) in [6.45, 7) is 0.261. The summed E-state index contributed by atoms with van der Waals surface area (Å²) in [6.07, 6.45) is 0.250. The number of nitrogens with one attached hydrogen (secondary N) is 1. The Bertz CT molecular complexity index is 591. The van der Waals surface area contributed by atoms with Gasteiger partial charge in [-0.05, 0) is 0 Å². The molecule has 1 fully saturated rings. The quantitative estimate of drug-likeness (QED) is 0.753. The fourth-order valence-corrected chi connectivity index (χ4v) is 4.19. The van der Waals surface area contributed by atoms with Gasteiger partial charge in [0.05, 0.1) is 0 Å². The first-order chi connectivity index (χ1) is 10.9. The van der Waals surface area contributed by atoms with E-state index in [0.29, 0.717) is 10.8 Å². The van der Waals surface area contributed by atoms with Crippen LogP contribution in [-0.4, -0.2) is 61.1 Å². The molecule has 2 N–H and O–H groups in total. The molecule has 0 bridgehead atoms. The first-order valence-corrected chi connectivity index (χ1v) is 12.5. The molecule has 0 saturated carbocycles. The zero-order chi connectivity index (χ0) is 17.0. The molecule has 2 atom stereocenters. The second-order valence-electron chi connectivity index (χ2n) is 5.91. The average Bonchev–Trinajstić information content (AvgIpc) is 2.91. The first-order valence-electron chi connectivity index (χ1n) is 7.41. The molecule has 1 aromatic carbocycles. The van der Waals surface area contributed by atoms with Crippen LogP contribution >= 0.6 is 0 Å². The Morgan fingerprint density at radius 3 is 2.48 bits per heavy atom. The fraction of sp³-hybridized carbons (Fsp3) is 0.438. The number of amides is 2. The van der Waals surface area contributed by atoms with Crippen molar-refractivity contribution in [3.63, 3.8) is 0 Å². The van der Waals surface area contributed by atoms with Crippen molar-refractivity contribution in [3.05, 3.63) is 35.9 Å². The summed E-state index contributed by atoms with van der Waals surface area (Å²) in [7, 11) is 0. The van der Waals surface area contributed by atoms with E-state index in [1.54, 1.807) is 24.3 Å². The third-order valence-corrected chi connectivity index (χ3v) is 5.62. The van der Waals surface area contributed by atoms with Crippen molar-refractivity contribution in [2.75, 3.05) is 6.54 Å². The van der Waals surface area contributed by atoms with E-state index in [-0.39, 0.29) is 30.8 Å². The van der Waals surface area contributed by atoms with E-state index < -0.39 is 26.7 Å². The Hall–Kier alpha value is -1.81. The van der Waals surface area contributed by atoms with Gasteiger partial charge in [0.25, 0.3) is 0 Å². The van der Waals surface area contributed by atoms with Gasteiger partial charge in [-0.3, -0.25) is 0 Å². The fourth-order valence-electron chi connectivity index (χ4n) is 2.67. The minimum atomic E-state index is -1.18. The summed E-state index contributed by atoms with van der Waals surface area (Å²) in [6, 6.07) is 7.59. The van der Waals surface area contributed by atoms with Crippen molar-refractivity contribution in [1.29, 1.82) is 0 Å². The van der Waals surface area contributed by atoms with Gasteiger partial charge in [-0.15, -0.1) is 0 Å². The van der Waals surface area contributed by atoms with Gasteiger partial charge in [0, 0.05) is 0 Å². The van der Waals surface area contributed by atoms with Crippen LogP contribution in [0.4, 0.5) is 0 Å². The first kappa shape index (κ1) is 17.5. The Morgan fingerprint density at radius 1 is 1.26 bits per heavy atom. The number of carboxylic acid groups (broad SMARTS) is 1. The monoisotopic (exact) mass is 380 g/mol. The molecular formula is C16H21AsN2O4. The standard InChI is InChI=1S/C16H21AsN2O4/c1-17(2)9-14(20)19-10-12(8-13(19)16(22)23)18-15(21)11-6-4-3-5-7-11/h3-7,12-13H,8-10H2,1-2H3,(H,18,21)(H,22,23)/t12-,13+/m1/s1. The number of carbonyl (C=O) groups excluding carboxylic acids is 2. The molecule has 23 heavy (non-hydrogen) atoms. The van der Waals surface area contributed by atoms with Gasteiger partial charge in [0.2, 0.25) is 0 Å². The topological polar surface area (TPSA) is 86.7 Å². The molecule has 1 saturated heterocycles. The van der Waals surface area contributed by atoms with Crippen LogP contribution in [0.5, 0.6) is 0 Å². The van der Waals surface area contributed by atoms with Crippen molar-refractivity contribution in [1.82, 2.24) is 10.2 Å². The number of hydrogen-bond donors (Lipinski definition) is 2. The third-order valence-electron chi connectivity index (χ3n) is 3.73. The van der Waals surface area contributed by atoms with Crippen molar-refractivity contribution < 1.29 is 19.5 Å². The van der Waals surface area contributed by atoms with Crippen LogP contribution in [0.3, 0.4) is 0 Å². The molecule has 2 amide bonds. The van der Waals surface area contributed by atoms with Crippen LogP contribution in [-0.2, 0) is 9.59 Å². The number of hydrogen-bond acceptors (Lipinski definition) is 3. The molecule has 1 aliphatic heterocycles. The maximum absolute atomic E-state index is 12.3. The van der Waals surface area contributed by atoms with Gasteiger partial charge in [-0.1, -0.05) is 0 Å². The molecule has 0 aromatic heterocycles. The Labute approximate surface area is 140 Å². The van der Waals surface area contributed by atoms with E-state index >= 15 is 0 Å². The van der Waals surface area contributed by atoms with Crippen LogP contribution < -0.4 is 5.32 Å². The van der Waals surface area contributed by atoms with Crippen molar-refractivity contribution >= 4 is 32.4 Å². The molecule has 0 unspecified atom stereocenters. The van der Waals surface area contributed by atoms with Crippen molar-refractivity contribution in [2.24, 2.45) is 0 Å². The van der Waals surface area contributed by atoms with Crippen LogP contribution in [0.15, 0.2) is 30.3 Å². The van der Waals surface area contributed by atoms with Crippen LogP contribution in [0.1, 0.15) is 16.8 Å². The molecule has 0 radical (unpaired) electrons. The molecule has 0 aliphatic carbocycles. The van der Waals surface area contributed by atoms with Crippen LogP contribution in [0.2, 0.25) is 16.6 Å². The summed E-state index contributed by atoms with van der Waals surface area (Å²) in [5.41, 5.74) is 4.65. The number of carbonyl (C=O) groups is 3. The molecule has 2 rings (SSSR count). The van der Waals surface area contributed by atoms with Gasteiger partial charge in [0.15, 0.2) is 0 Å². The zero-order valence-corrected chi connectivity index (χ0v) is 15.1. The molecule has 1 aliphatic rings. The summed E-state index contributed by atoms with van der Waals surface area (Å²) >= 11 is -1.18. The molecule has 124 valence electrons. The van der Waals surface area contributed by atoms with Crippen molar-refractivity contribution in [2.45, 2.75) is 35.1 Å². The van der Waals surface area contributed by atoms with Gasteiger partial charge in [-0.25, -0.2) is 0 Å². The SMILES string of the molecule is C[As](C)CC(=O)N1C[C@H](NC(=O)c2ccccc2)C[C@H]1C(=O)O. The second kappa shape index (κ2) is 7.64. The van der Waals surface area contributed by atoms with E-state index in [9.17, 15) is 19.5 Å². The van der Waals surface area contributed by atoms with E-state index in [0.717, 1.165) is 0 Å². The maximum atomic E-state index is 12.3. The van der Waals surface area contributed by atoms with E-state index in [2.05, 4.69) is 16.7 Å². The second-order valence-corrected chi connectivity index (χ2v) is 11.1. The number of benzene rings is 1. The molecule has 6 nitrogen and oxygen atoms in total. The Kier molecular flexibility index (Phi) is 5.83. The summed E-state index contributed by atoms with van der Waals surface area (Å²) in [4.78, 5) is 37.3. The molecule has 7 heteroatoms. The summed E-state index contributed by atoms with van der Waals surface area (Å²) in [5.74, 6) is -1.37. The van der Waals surface area contributed by atoms with E-state index in [1.165, 1.54) is 4.90 Å². The summed E-state index contributed by atoms with van der Waals surface area (Å²) in [5, 5.41) is 12.6. The number of aliphatic carboxylic acids is 1. The normalized spacial score (nSPS) is 20.6. The third kappa shape index (κ3) is 4.58. The predicted octanol–water partition coefficient (Wildman–Crippen LogP) is 1.22. The van der Waals surface area contributed by atoms with Gasteiger partial charge >= 0.3 is 140 Å². The van der Waals surface area contributed by atoms with E-state index in [4.69, 9.17) is 0 Å². The Morgan fingerprint density at radius 2 is 1.91 bits per heavy atom. The summed E-state index contributed by atoms with van der Waals surface area (Å²) < 4.78 is 0.